The molecule has 0 aliphatic rings. The molecule has 0 spiro atoms. The Kier molecular flexibility index (Phi) is 8.08. The van der Waals surface area contributed by atoms with Crippen molar-refractivity contribution in [2.24, 2.45) is 5.10 Å². The highest BCUT2D eigenvalue weighted by Gasteiger charge is 2.28. The molecule has 9 heteroatoms. The van der Waals surface area contributed by atoms with Gasteiger partial charge in [-0.1, -0.05) is 48.0 Å². The molecule has 0 heterocycles. The average molecular weight is 486 g/mol. The number of ether oxygens (including phenoxy) is 1. The molecule has 3 aromatic rings. The van der Waals surface area contributed by atoms with Crippen molar-refractivity contribution in [3.63, 3.8) is 0 Å². The maximum absolute atomic E-state index is 12.5. The number of hydrogen-bond donors (Lipinski definition) is 1. The zero-order valence-corrected chi connectivity index (χ0v) is 19.8. The van der Waals surface area contributed by atoms with Gasteiger partial charge in [0.2, 0.25) is 10.0 Å². The largest absolute Gasteiger partial charge is 0.489 e. The van der Waals surface area contributed by atoms with E-state index >= 15 is 0 Å². The number of anilines is 1. The molecule has 0 unspecified atom stereocenters. The lowest BCUT2D eigenvalue weighted by Crippen LogP contribution is -2.46. The van der Waals surface area contributed by atoms with Crippen molar-refractivity contribution in [3.05, 3.63) is 95.0 Å². The number of hydrogen-bond acceptors (Lipinski definition) is 5. The normalized spacial score (nSPS) is 12.3. The minimum Gasteiger partial charge on any atom is -0.489 e. The number of sulfonamides is 1. The van der Waals surface area contributed by atoms with E-state index in [9.17, 15) is 13.2 Å². The third-order valence-corrected chi connectivity index (χ3v) is 6.33. The SMILES string of the molecule is C[C@@H](C(=O)N/N=C\c1ccc(OCc2ccccc2Cl)cc1)N(c1ccccc1)S(C)(=O)=O. The molecule has 0 aliphatic heterocycles. The van der Waals surface area contributed by atoms with Gasteiger partial charge in [-0.05, 0) is 55.0 Å². The molecule has 0 saturated carbocycles. The number of benzene rings is 3. The van der Waals surface area contributed by atoms with Crippen LogP contribution >= 0.6 is 11.6 Å². The minimum atomic E-state index is -3.67. The third kappa shape index (κ3) is 6.81. The average Bonchev–Trinajstić information content (AvgIpc) is 2.79. The Morgan fingerprint density at radius 2 is 1.70 bits per heavy atom. The number of amides is 1. The van der Waals surface area contributed by atoms with Gasteiger partial charge in [0.15, 0.2) is 0 Å². The number of nitrogens with one attached hydrogen (secondary N) is 1. The summed E-state index contributed by atoms with van der Waals surface area (Å²) in [6, 6.07) is 22.1. The van der Waals surface area contributed by atoms with Gasteiger partial charge < -0.3 is 4.74 Å². The maximum Gasteiger partial charge on any atom is 0.263 e. The fourth-order valence-electron chi connectivity index (χ4n) is 3.07. The summed E-state index contributed by atoms with van der Waals surface area (Å²) in [5, 5.41) is 4.60. The fourth-order valence-corrected chi connectivity index (χ4v) is 4.44. The number of carbonyl (C=O) groups excluding carboxylic acids is 1. The molecule has 1 amide bonds. The lowest BCUT2D eigenvalue weighted by molar-refractivity contribution is -0.121. The second-order valence-electron chi connectivity index (χ2n) is 7.25. The van der Waals surface area contributed by atoms with Crippen LogP contribution in [0.3, 0.4) is 0 Å². The van der Waals surface area contributed by atoms with E-state index in [0.717, 1.165) is 21.7 Å². The zero-order valence-electron chi connectivity index (χ0n) is 18.2. The highest BCUT2D eigenvalue weighted by molar-refractivity contribution is 7.92. The van der Waals surface area contributed by atoms with E-state index in [1.54, 1.807) is 54.6 Å². The number of rotatable bonds is 9. The van der Waals surface area contributed by atoms with Crippen LogP contribution in [0.5, 0.6) is 5.75 Å². The van der Waals surface area contributed by atoms with Crippen LogP contribution in [0, 0.1) is 0 Å². The van der Waals surface area contributed by atoms with Crippen LogP contribution in [0.4, 0.5) is 5.69 Å². The second kappa shape index (κ2) is 11.0. The zero-order chi connectivity index (χ0) is 23.8. The van der Waals surface area contributed by atoms with Crippen LogP contribution in [0.1, 0.15) is 18.1 Å². The fraction of sp³-hybridized carbons (Fsp3) is 0.167. The van der Waals surface area contributed by atoms with E-state index < -0.39 is 22.0 Å². The topological polar surface area (TPSA) is 88.1 Å². The molecule has 0 radical (unpaired) electrons. The number of carbonyl (C=O) groups is 1. The van der Waals surface area contributed by atoms with Crippen LogP contribution < -0.4 is 14.5 Å². The number of halogens is 1. The van der Waals surface area contributed by atoms with Crippen LogP contribution in [0.2, 0.25) is 5.02 Å². The van der Waals surface area contributed by atoms with Crippen LogP contribution in [-0.2, 0) is 21.4 Å². The smallest absolute Gasteiger partial charge is 0.263 e. The Bertz CT molecular complexity index is 1220. The van der Waals surface area contributed by atoms with Gasteiger partial charge >= 0.3 is 0 Å². The first-order chi connectivity index (χ1) is 15.8. The van der Waals surface area contributed by atoms with E-state index in [2.05, 4.69) is 10.5 Å². The summed E-state index contributed by atoms with van der Waals surface area (Å²) >= 11 is 6.13. The molecule has 33 heavy (non-hydrogen) atoms. The summed E-state index contributed by atoms with van der Waals surface area (Å²) in [7, 11) is -3.67. The highest BCUT2D eigenvalue weighted by Crippen LogP contribution is 2.20. The van der Waals surface area contributed by atoms with Gasteiger partial charge in [0.25, 0.3) is 5.91 Å². The first-order valence-electron chi connectivity index (χ1n) is 10.1. The van der Waals surface area contributed by atoms with Gasteiger partial charge in [-0.25, -0.2) is 13.8 Å². The molecule has 3 aromatic carbocycles. The quantitative estimate of drug-likeness (QED) is 0.363. The minimum absolute atomic E-state index is 0.347. The first-order valence-corrected chi connectivity index (χ1v) is 12.3. The van der Waals surface area contributed by atoms with Gasteiger partial charge in [0.1, 0.15) is 18.4 Å². The van der Waals surface area contributed by atoms with Crippen molar-refractivity contribution < 1.29 is 17.9 Å². The standard InChI is InChI=1S/C24H24ClN3O4S/c1-18(28(33(2,30)31)21-9-4-3-5-10-21)24(29)27-26-16-19-12-14-22(15-13-19)32-17-20-8-6-7-11-23(20)25/h3-16,18H,17H2,1-2H3,(H,27,29)/b26-16-/t18-/m0/s1. The van der Waals surface area contributed by atoms with Gasteiger partial charge in [0.05, 0.1) is 18.2 Å². The Labute approximate surface area is 198 Å². The molecule has 7 nitrogen and oxygen atoms in total. The molecule has 1 N–H and O–H groups in total. The van der Waals surface area contributed by atoms with Crippen molar-refractivity contribution in [2.45, 2.75) is 19.6 Å². The van der Waals surface area contributed by atoms with E-state index in [1.807, 2.05) is 24.3 Å². The van der Waals surface area contributed by atoms with Crippen LogP contribution in [0.15, 0.2) is 84.0 Å². The molecule has 0 fully saturated rings. The van der Waals surface area contributed by atoms with Gasteiger partial charge in [0, 0.05) is 10.6 Å². The highest BCUT2D eigenvalue weighted by atomic mass is 35.5. The van der Waals surface area contributed by atoms with Crippen molar-refractivity contribution in [3.8, 4) is 5.75 Å². The van der Waals surface area contributed by atoms with E-state index in [1.165, 1.54) is 13.1 Å². The summed E-state index contributed by atoms with van der Waals surface area (Å²) in [6.45, 7) is 1.85. The van der Waals surface area contributed by atoms with E-state index in [-0.39, 0.29) is 0 Å². The summed E-state index contributed by atoms with van der Waals surface area (Å²) in [4.78, 5) is 12.5. The molecular formula is C24H24ClN3O4S. The lowest BCUT2D eigenvalue weighted by atomic mass is 10.2. The van der Waals surface area contributed by atoms with Gasteiger partial charge in [-0.2, -0.15) is 5.10 Å². The Morgan fingerprint density at radius 3 is 2.33 bits per heavy atom. The monoisotopic (exact) mass is 485 g/mol. The molecule has 0 aromatic heterocycles. The third-order valence-electron chi connectivity index (χ3n) is 4.72. The van der Waals surface area contributed by atoms with Crippen molar-refractivity contribution in [1.29, 1.82) is 0 Å². The molecule has 0 bridgehead atoms. The molecule has 3 rings (SSSR count). The van der Waals surface area contributed by atoms with Crippen molar-refractivity contribution in [1.82, 2.24) is 5.43 Å². The molecule has 0 saturated heterocycles. The summed E-state index contributed by atoms with van der Waals surface area (Å²) in [6.07, 6.45) is 2.53. The number of hydrazone groups is 1. The Balaban J connectivity index is 1.58. The summed E-state index contributed by atoms with van der Waals surface area (Å²) in [5.41, 5.74) is 4.42. The van der Waals surface area contributed by atoms with E-state index in [4.69, 9.17) is 16.3 Å². The van der Waals surface area contributed by atoms with Crippen molar-refractivity contribution >= 4 is 39.4 Å². The molecule has 0 aliphatic carbocycles. The van der Waals surface area contributed by atoms with Crippen LogP contribution in [-0.4, -0.2) is 32.8 Å². The Hall–Kier alpha value is -3.36. The number of para-hydroxylation sites is 1. The maximum atomic E-state index is 12.5. The molecular weight excluding hydrogens is 462 g/mol. The Morgan fingerprint density at radius 1 is 1.06 bits per heavy atom. The predicted octanol–water partition coefficient (Wildman–Crippen LogP) is 4.22. The van der Waals surface area contributed by atoms with Crippen molar-refractivity contribution in [2.75, 3.05) is 10.6 Å². The van der Waals surface area contributed by atoms with Crippen LogP contribution in [0.25, 0.3) is 0 Å². The second-order valence-corrected chi connectivity index (χ2v) is 9.52. The number of nitrogens with zero attached hydrogens (tertiary/aromatic N) is 2. The first kappa shape index (κ1) is 24.3. The predicted molar refractivity (Wildman–Crippen MR) is 131 cm³/mol. The molecule has 172 valence electrons. The van der Waals surface area contributed by atoms with E-state index in [0.29, 0.717) is 23.1 Å². The summed E-state index contributed by atoms with van der Waals surface area (Å²) < 4.78 is 31.3. The lowest BCUT2D eigenvalue weighted by Gasteiger charge is -2.27. The summed E-state index contributed by atoms with van der Waals surface area (Å²) in [5.74, 6) is 0.108. The van der Waals surface area contributed by atoms with Gasteiger partial charge in [-0.3, -0.25) is 9.10 Å². The van der Waals surface area contributed by atoms with Gasteiger partial charge in [-0.15, -0.1) is 0 Å². The molecule has 1 atom stereocenters.